The van der Waals surface area contributed by atoms with Crippen molar-refractivity contribution in [3.05, 3.63) is 42.0 Å². The van der Waals surface area contributed by atoms with Crippen LogP contribution in [-0.4, -0.2) is 12.6 Å². The molecule has 3 heteroatoms. The van der Waals surface area contributed by atoms with E-state index in [0.717, 1.165) is 18.5 Å². The van der Waals surface area contributed by atoms with E-state index in [-0.39, 0.29) is 5.97 Å². The van der Waals surface area contributed by atoms with Crippen LogP contribution >= 0.6 is 0 Å². The molecular formula is C13H17NO2. The summed E-state index contributed by atoms with van der Waals surface area (Å²) in [5, 5.41) is 0. The van der Waals surface area contributed by atoms with Gasteiger partial charge in [-0.25, -0.2) is 4.79 Å². The van der Waals surface area contributed by atoms with Gasteiger partial charge in [-0.1, -0.05) is 18.7 Å². The van der Waals surface area contributed by atoms with Crippen LogP contribution in [0.5, 0.6) is 0 Å². The number of benzene rings is 1. The van der Waals surface area contributed by atoms with E-state index in [1.807, 2.05) is 24.3 Å². The van der Waals surface area contributed by atoms with Crippen molar-refractivity contribution in [3.63, 3.8) is 0 Å². The largest absolute Gasteiger partial charge is 0.462 e. The van der Waals surface area contributed by atoms with Gasteiger partial charge in [-0.05, 0) is 37.5 Å². The van der Waals surface area contributed by atoms with Gasteiger partial charge >= 0.3 is 5.97 Å². The van der Waals surface area contributed by atoms with E-state index in [1.165, 1.54) is 5.56 Å². The first-order chi connectivity index (χ1) is 7.59. The van der Waals surface area contributed by atoms with Crippen molar-refractivity contribution >= 4 is 11.7 Å². The number of nitrogens with two attached hydrogens (primary N) is 1. The fourth-order valence-corrected chi connectivity index (χ4v) is 1.25. The molecule has 1 aromatic rings. The number of hydrogen-bond donors (Lipinski definition) is 1. The molecule has 16 heavy (non-hydrogen) atoms. The maximum Gasteiger partial charge on any atom is 0.333 e. The van der Waals surface area contributed by atoms with Gasteiger partial charge in [0.2, 0.25) is 0 Å². The molecule has 0 radical (unpaired) electrons. The molecule has 3 nitrogen and oxygen atoms in total. The van der Waals surface area contributed by atoms with Crippen LogP contribution in [0.1, 0.15) is 18.9 Å². The molecule has 0 unspecified atom stereocenters. The van der Waals surface area contributed by atoms with E-state index in [4.69, 9.17) is 10.5 Å². The monoisotopic (exact) mass is 219 g/mol. The predicted octanol–water partition coefficient (Wildman–Crippen LogP) is 2.32. The van der Waals surface area contributed by atoms with Crippen molar-refractivity contribution in [1.29, 1.82) is 0 Å². The van der Waals surface area contributed by atoms with Gasteiger partial charge in [0.25, 0.3) is 0 Å². The highest BCUT2D eigenvalue weighted by atomic mass is 16.5. The Labute approximate surface area is 95.9 Å². The average Bonchev–Trinajstić information content (AvgIpc) is 2.26. The van der Waals surface area contributed by atoms with Crippen LogP contribution in [0.2, 0.25) is 0 Å². The second-order valence-corrected chi connectivity index (χ2v) is 3.76. The third kappa shape index (κ3) is 4.17. The fraction of sp³-hybridized carbons (Fsp3) is 0.308. The number of hydrogen-bond acceptors (Lipinski definition) is 3. The maximum absolute atomic E-state index is 11.1. The standard InChI is InChI=1S/C13H17NO2/c1-10(2)13(15)16-9-3-4-11-5-7-12(14)8-6-11/h5-8H,1,3-4,9,14H2,2H3. The van der Waals surface area contributed by atoms with E-state index in [9.17, 15) is 4.79 Å². The zero-order chi connectivity index (χ0) is 12.0. The second kappa shape index (κ2) is 5.95. The van der Waals surface area contributed by atoms with Crippen LogP contribution in [0, 0.1) is 0 Å². The van der Waals surface area contributed by atoms with Gasteiger partial charge in [-0.3, -0.25) is 0 Å². The summed E-state index contributed by atoms with van der Waals surface area (Å²) in [5.74, 6) is -0.322. The third-order valence-electron chi connectivity index (χ3n) is 2.17. The SMILES string of the molecule is C=C(C)C(=O)OCCCc1ccc(N)cc1. The second-order valence-electron chi connectivity index (χ2n) is 3.76. The number of nitrogen functional groups attached to an aromatic ring is 1. The summed E-state index contributed by atoms with van der Waals surface area (Å²) >= 11 is 0. The summed E-state index contributed by atoms with van der Waals surface area (Å²) in [6, 6.07) is 7.70. The third-order valence-corrected chi connectivity index (χ3v) is 2.17. The molecule has 0 fully saturated rings. The lowest BCUT2D eigenvalue weighted by atomic mass is 10.1. The molecule has 0 aliphatic rings. The number of carbonyl (C=O) groups excluding carboxylic acids is 1. The van der Waals surface area contributed by atoms with E-state index in [0.29, 0.717) is 12.2 Å². The summed E-state index contributed by atoms with van der Waals surface area (Å²) in [5.41, 5.74) is 7.97. The topological polar surface area (TPSA) is 52.3 Å². The summed E-state index contributed by atoms with van der Waals surface area (Å²) < 4.78 is 4.99. The minimum Gasteiger partial charge on any atom is -0.462 e. The van der Waals surface area contributed by atoms with Gasteiger partial charge < -0.3 is 10.5 Å². The average molecular weight is 219 g/mol. The Morgan fingerprint density at radius 2 is 2.00 bits per heavy atom. The van der Waals surface area contributed by atoms with Crippen molar-refractivity contribution in [2.45, 2.75) is 19.8 Å². The van der Waals surface area contributed by atoms with Crippen molar-refractivity contribution < 1.29 is 9.53 Å². The van der Waals surface area contributed by atoms with Gasteiger partial charge in [-0.15, -0.1) is 0 Å². The van der Waals surface area contributed by atoms with Gasteiger partial charge in [-0.2, -0.15) is 0 Å². The number of anilines is 1. The number of aryl methyl sites for hydroxylation is 1. The Bertz CT molecular complexity index is 368. The molecule has 0 heterocycles. The zero-order valence-electron chi connectivity index (χ0n) is 9.53. The molecule has 86 valence electrons. The normalized spacial score (nSPS) is 9.81. The lowest BCUT2D eigenvalue weighted by molar-refractivity contribution is -0.139. The van der Waals surface area contributed by atoms with Gasteiger partial charge in [0, 0.05) is 11.3 Å². The Kier molecular flexibility index (Phi) is 4.58. The molecule has 0 aliphatic heterocycles. The van der Waals surface area contributed by atoms with Crippen LogP contribution < -0.4 is 5.73 Å². The zero-order valence-corrected chi connectivity index (χ0v) is 9.53. The summed E-state index contributed by atoms with van der Waals surface area (Å²) in [7, 11) is 0. The Morgan fingerprint density at radius 1 is 1.38 bits per heavy atom. The van der Waals surface area contributed by atoms with Crippen LogP contribution in [0.3, 0.4) is 0 Å². The number of ether oxygens (including phenoxy) is 1. The molecule has 0 amide bonds. The summed E-state index contributed by atoms with van der Waals surface area (Å²) in [4.78, 5) is 11.1. The number of carbonyl (C=O) groups is 1. The first-order valence-electron chi connectivity index (χ1n) is 5.26. The van der Waals surface area contributed by atoms with Crippen LogP contribution in [0.15, 0.2) is 36.4 Å². The van der Waals surface area contributed by atoms with Crippen molar-refractivity contribution in [2.24, 2.45) is 0 Å². The molecule has 0 atom stereocenters. The molecule has 2 N–H and O–H groups in total. The number of rotatable bonds is 5. The van der Waals surface area contributed by atoms with E-state index < -0.39 is 0 Å². The van der Waals surface area contributed by atoms with Crippen molar-refractivity contribution in [2.75, 3.05) is 12.3 Å². The molecule has 0 saturated heterocycles. The summed E-state index contributed by atoms with van der Waals surface area (Å²) in [6.45, 7) is 5.58. The van der Waals surface area contributed by atoms with E-state index >= 15 is 0 Å². The van der Waals surface area contributed by atoms with Gasteiger partial charge in [0.05, 0.1) is 6.61 Å². The highest BCUT2D eigenvalue weighted by Crippen LogP contribution is 2.07. The van der Waals surface area contributed by atoms with E-state index in [1.54, 1.807) is 6.92 Å². The first kappa shape index (κ1) is 12.3. The Balaban J connectivity index is 2.23. The predicted molar refractivity (Wildman–Crippen MR) is 64.9 cm³/mol. The fourth-order valence-electron chi connectivity index (χ4n) is 1.25. The lowest BCUT2D eigenvalue weighted by Gasteiger charge is -2.04. The minimum atomic E-state index is -0.322. The molecule has 1 aromatic carbocycles. The maximum atomic E-state index is 11.1. The van der Waals surface area contributed by atoms with E-state index in [2.05, 4.69) is 6.58 Å². The molecule has 0 aliphatic carbocycles. The van der Waals surface area contributed by atoms with Crippen LogP contribution in [-0.2, 0) is 16.0 Å². The van der Waals surface area contributed by atoms with Gasteiger partial charge in [0.1, 0.15) is 0 Å². The van der Waals surface area contributed by atoms with Crippen LogP contribution in [0.25, 0.3) is 0 Å². The quantitative estimate of drug-likeness (QED) is 0.358. The smallest absolute Gasteiger partial charge is 0.333 e. The Morgan fingerprint density at radius 3 is 2.56 bits per heavy atom. The van der Waals surface area contributed by atoms with Crippen molar-refractivity contribution in [3.8, 4) is 0 Å². The molecule has 0 bridgehead atoms. The Hall–Kier alpha value is -1.77. The number of esters is 1. The highest BCUT2D eigenvalue weighted by Gasteiger charge is 2.02. The summed E-state index contributed by atoms with van der Waals surface area (Å²) in [6.07, 6.45) is 1.69. The molecular weight excluding hydrogens is 202 g/mol. The molecule has 0 saturated carbocycles. The molecule has 1 rings (SSSR count). The molecule has 0 aromatic heterocycles. The molecule has 0 spiro atoms. The van der Waals surface area contributed by atoms with Gasteiger partial charge in [0.15, 0.2) is 0 Å². The first-order valence-corrected chi connectivity index (χ1v) is 5.26. The van der Waals surface area contributed by atoms with Crippen LogP contribution in [0.4, 0.5) is 5.69 Å². The van der Waals surface area contributed by atoms with Crippen molar-refractivity contribution in [1.82, 2.24) is 0 Å². The lowest BCUT2D eigenvalue weighted by Crippen LogP contribution is -2.06. The highest BCUT2D eigenvalue weighted by molar-refractivity contribution is 5.86. The minimum absolute atomic E-state index is 0.322.